The molecule has 4 aromatic rings. The lowest BCUT2D eigenvalue weighted by molar-refractivity contribution is -0.384. The van der Waals surface area contributed by atoms with Gasteiger partial charge < -0.3 is 9.15 Å². The predicted molar refractivity (Wildman–Crippen MR) is 116 cm³/mol. The molecule has 31 heavy (non-hydrogen) atoms. The molecule has 10 heteroatoms. The van der Waals surface area contributed by atoms with E-state index in [1.165, 1.54) is 30.0 Å². The number of carbonyl (C=O) groups is 1. The normalized spacial score (nSPS) is 11.0. The molecule has 0 aliphatic heterocycles. The summed E-state index contributed by atoms with van der Waals surface area (Å²) in [6.45, 7) is 2.52. The van der Waals surface area contributed by atoms with Crippen molar-refractivity contribution in [2.75, 3.05) is 12.9 Å². The van der Waals surface area contributed by atoms with Crippen molar-refractivity contribution in [3.05, 3.63) is 64.2 Å². The van der Waals surface area contributed by atoms with Crippen LogP contribution in [0.5, 0.6) is 5.75 Å². The quantitative estimate of drug-likeness (QED) is 0.170. The van der Waals surface area contributed by atoms with Gasteiger partial charge >= 0.3 is 0 Å². The number of fused-ring (bicyclic) bond motifs is 1. The van der Waals surface area contributed by atoms with Gasteiger partial charge in [0.1, 0.15) is 0 Å². The molecule has 158 valence electrons. The van der Waals surface area contributed by atoms with E-state index in [0.29, 0.717) is 34.6 Å². The molecule has 0 spiro atoms. The Balaban J connectivity index is 1.57. The number of nitrogens with zero attached hydrogens (tertiary/aromatic N) is 4. The van der Waals surface area contributed by atoms with Crippen molar-refractivity contribution in [1.82, 2.24) is 14.8 Å². The fourth-order valence-electron chi connectivity index (χ4n) is 3.18. The number of non-ortho nitro benzene ring substituents is 1. The smallest absolute Gasteiger partial charge is 0.270 e. The van der Waals surface area contributed by atoms with Crippen LogP contribution < -0.4 is 4.74 Å². The van der Waals surface area contributed by atoms with Gasteiger partial charge in [0.15, 0.2) is 28.0 Å². The van der Waals surface area contributed by atoms with Gasteiger partial charge in [0.05, 0.1) is 17.8 Å². The van der Waals surface area contributed by atoms with Crippen LogP contribution in [-0.2, 0) is 6.54 Å². The number of para-hydroxylation sites is 1. The summed E-state index contributed by atoms with van der Waals surface area (Å²) >= 11 is 1.22. The highest BCUT2D eigenvalue weighted by Gasteiger charge is 2.20. The standard InChI is InChI=1S/C21H18N4O5S/c1-3-24-20(18-11-14-7-5-9-17(29-2)19(14)30-18)22-23-21(24)31-12-16(26)13-6-4-8-15(10-13)25(27)28/h4-11H,3,12H2,1-2H3. The molecule has 0 unspecified atom stereocenters. The van der Waals surface area contributed by atoms with Gasteiger partial charge in [0, 0.05) is 29.6 Å². The number of methoxy groups -OCH3 is 1. The highest BCUT2D eigenvalue weighted by molar-refractivity contribution is 7.99. The number of aromatic nitrogens is 3. The van der Waals surface area contributed by atoms with E-state index in [1.54, 1.807) is 13.2 Å². The lowest BCUT2D eigenvalue weighted by Crippen LogP contribution is -2.05. The SMILES string of the molecule is CCn1c(SCC(=O)c2cccc([N+](=O)[O-])c2)nnc1-c1cc2cccc(OC)c2o1. The van der Waals surface area contributed by atoms with E-state index in [0.717, 1.165) is 5.39 Å². The number of hydrogen-bond donors (Lipinski definition) is 0. The van der Waals surface area contributed by atoms with Crippen molar-refractivity contribution in [2.45, 2.75) is 18.6 Å². The Labute approximate surface area is 181 Å². The fourth-order valence-corrected chi connectivity index (χ4v) is 4.07. The second kappa shape index (κ2) is 8.60. The van der Waals surface area contributed by atoms with Crippen LogP contribution >= 0.6 is 11.8 Å². The first-order valence-corrected chi connectivity index (χ1v) is 10.4. The average molecular weight is 438 g/mol. The largest absolute Gasteiger partial charge is 0.493 e. The molecular formula is C21H18N4O5S. The molecule has 0 aliphatic rings. The molecule has 0 amide bonds. The number of ketones is 1. The lowest BCUT2D eigenvalue weighted by Gasteiger charge is -2.05. The number of Topliss-reactive ketones (excluding diaryl/α,β-unsaturated/α-hetero) is 1. The van der Waals surface area contributed by atoms with E-state index in [9.17, 15) is 14.9 Å². The minimum absolute atomic E-state index is 0.0766. The van der Waals surface area contributed by atoms with Crippen LogP contribution in [0.25, 0.3) is 22.6 Å². The molecule has 0 bridgehead atoms. The Bertz CT molecular complexity index is 1280. The van der Waals surface area contributed by atoms with Crippen LogP contribution in [0.1, 0.15) is 17.3 Å². The minimum Gasteiger partial charge on any atom is -0.493 e. The summed E-state index contributed by atoms with van der Waals surface area (Å²) in [6.07, 6.45) is 0. The van der Waals surface area contributed by atoms with Crippen LogP contribution in [0.3, 0.4) is 0 Å². The second-order valence-electron chi connectivity index (χ2n) is 6.56. The van der Waals surface area contributed by atoms with E-state index in [4.69, 9.17) is 9.15 Å². The molecule has 0 aliphatic carbocycles. The molecule has 2 aromatic heterocycles. The predicted octanol–water partition coefficient (Wildman–Crippen LogP) is 4.60. The van der Waals surface area contributed by atoms with Crippen LogP contribution in [0.15, 0.2) is 58.1 Å². The third-order valence-corrected chi connectivity index (χ3v) is 5.66. The maximum absolute atomic E-state index is 12.5. The Hall–Kier alpha value is -3.66. The summed E-state index contributed by atoms with van der Waals surface area (Å²) in [4.78, 5) is 22.9. The van der Waals surface area contributed by atoms with Gasteiger partial charge in [-0.05, 0) is 19.1 Å². The zero-order valence-electron chi connectivity index (χ0n) is 16.8. The molecule has 2 aromatic carbocycles. The zero-order chi connectivity index (χ0) is 22.0. The van der Waals surface area contributed by atoms with E-state index in [2.05, 4.69) is 10.2 Å². The van der Waals surface area contributed by atoms with Gasteiger partial charge in [-0.15, -0.1) is 10.2 Å². The van der Waals surface area contributed by atoms with Gasteiger partial charge in [-0.3, -0.25) is 19.5 Å². The summed E-state index contributed by atoms with van der Waals surface area (Å²) in [6, 6.07) is 13.2. The van der Waals surface area contributed by atoms with Gasteiger partial charge in [-0.2, -0.15) is 0 Å². The first-order chi connectivity index (χ1) is 15.0. The summed E-state index contributed by atoms with van der Waals surface area (Å²) in [5.41, 5.74) is 0.796. The number of thioether (sulfide) groups is 1. The summed E-state index contributed by atoms with van der Waals surface area (Å²) in [5, 5.41) is 20.8. The molecule has 4 rings (SSSR count). The highest BCUT2D eigenvalue weighted by Crippen LogP contribution is 2.34. The number of rotatable bonds is 8. The molecule has 2 heterocycles. The first kappa shape index (κ1) is 20.6. The number of nitro groups is 1. The van der Waals surface area contributed by atoms with E-state index < -0.39 is 4.92 Å². The number of benzene rings is 2. The van der Waals surface area contributed by atoms with E-state index in [1.807, 2.05) is 35.8 Å². The molecular weight excluding hydrogens is 420 g/mol. The minimum atomic E-state index is -0.522. The molecule has 0 saturated carbocycles. The summed E-state index contributed by atoms with van der Waals surface area (Å²) in [5.74, 6) is 1.57. The zero-order valence-corrected chi connectivity index (χ0v) is 17.6. The van der Waals surface area contributed by atoms with Crippen molar-refractivity contribution >= 4 is 34.2 Å². The van der Waals surface area contributed by atoms with E-state index in [-0.39, 0.29) is 22.8 Å². The molecule has 9 nitrogen and oxygen atoms in total. The van der Waals surface area contributed by atoms with Crippen molar-refractivity contribution < 1.29 is 18.9 Å². The third-order valence-electron chi connectivity index (χ3n) is 4.69. The second-order valence-corrected chi connectivity index (χ2v) is 7.50. The first-order valence-electron chi connectivity index (χ1n) is 9.42. The molecule has 0 saturated heterocycles. The molecule has 0 N–H and O–H groups in total. The van der Waals surface area contributed by atoms with Crippen molar-refractivity contribution in [2.24, 2.45) is 0 Å². The maximum atomic E-state index is 12.5. The number of nitro benzene ring substituents is 1. The topological polar surface area (TPSA) is 113 Å². The van der Waals surface area contributed by atoms with Crippen molar-refractivity contribution in [3.63, 3.8) is 0 Å². The molecule has 0 radical (unpaired) electrons. The van der Waals surface area contributed by atoms with Gasteiger partial charge in [-0.25, -0.2) is 0 Å². The van der Waals surface area contributed by atoms with Crippen LogP contribution in [0, 0.1) is 10.1 Å². The summed E-state index contributed by atoms with van der Waals surface area (Å²) in [7, 11) is 1.58. The number of furan rings is 1. The average Bonchev–Trinajstić information content (AvgIpc) is 3.40. The Morgan fingerprint density at radius 1 is 1.23 bits per heavy atom. The van der Waals surface area contributed by atoms with Crippen LogP contribution in [-0.4, -0.2) is 38.3 Å². The number of hydrogen-bond acceptors (Lipinski definition) is 8. The van der Waals surface area contributed by atoms with Crippen molar-refractivity contribution in [3.8, 4) is 17.3 Å². The Morgan fingerprint density at radius 3 is 2.77 bits per heavy atom. The fraction of sp³-hybridized carbons (Fsp3) is 0.190. The maximum Gasteiger partial charge on any atom is 0.270 e. The van der Waals surface area contributed by atoms with Gasteiger partial charge in [0.25, 0.3) is 5.69 Å². The molecule has 0 fully saturated rings. The van der Waals surface area contributed by atoms with Gasteiger partial charge in [0.2, 0.25) is 5.82 Å². The Kier molecular flexibility index (Phi) is 5.72. The van der Waals surface area contributed by atoms with E-state index >= 15 is 0 Å². The molecule has 0 atom stereocenters. The monoisotopic (exact) mass is 438 g/mol. The van der Waals surface area contributed by atoms with Crippen LogP contribution in [0.2, 0.25) is 0 Å². The highest BCUT2D eigenvalue weighted by atomic mass is 32.2. The Morgan fingerprint density at radius 2 is 2.03 bits per heavy atom. The number of ether oxygens (including phenoxy) is 1. The lowest BCUT2D eigenvalue weighted by atomic mass is 10.1. The summed E-state index contributed by atoms with van der Waals surface area (Å²) < 4.78 is 13.2. The van der Waals surface area contributed by atoms with Crippen LogP contribution in [0.4, 0.5) is 5.69 Å². The van der Waals surface area contributed by atoms with Crippen molar-refractivity contribution in [1.29, 1.82) is 0 Å². The third kappa shape index (κ3) is 4.02. The van der Waals surface area contributed by atoms with Gasteiger partial charge in [-0.1, -0.05) is 36.0 Å². The number of carbonyl (C=O) groups excluding carboxylic acids is 1.